The van der Waals surface area contributed by atoms with E-state index in [1.165, 1.54) is 12.8 Å². The minimum Gasteiger partial charge on any atom is -0.396 e. The molecule has 0 saturated carbocycles. The lowest BCUT2D eigenvalue weighted by molar-refractivity contribution is 0.110. The standard InChI is InChI=1S/C11H23NO2/c1-10(9-13)4-2-6-12-8-11-5-3-7-14-11/h10-13H,2-9H2,1H3. The maximum Gasteiger partial charge on any atom is 0.0700 e. The lowest BCUT2D eigenvalue weighted by Crippen LogP contribution is -2.27. The van der Waals surface area contributed by atoms with Crippen LogP contribution in [0.3, 0.4) is 0 Å². The molecule has 1 saturated heterocycles. The molecule has 0 aromatic heterocycles. The molecule has 0 spiro atoms. The molecule has 84 valence electrons. The Kier molecular flexibility index (Phi) is 6.15. The fourth-order valence-electron chi connectivity index (χ4n) is 1.74. The Labute approximate surface area is 86.8 Å². The van der Waals surface area contributed by atoms with Crippen molar-refractivity contribution in [2.24, 2.45) is 5.92 Å². The van der Waals surface area contributed by atoms with Gasteiger partial charge in [-0.1, -0.05) is 6.92 Å². The predicted octanol–water partition coefficient (Wildman–Crippen LogP) is 1.16. The van der Waals surface area contributed by atoms with Crippen LogP contribution >= 0.6 is 0 Å². The van der Waals surface area contributed by atoms with E-state index in [-0.39, 0.29) is 0 Å². The number of hydrogen-bond acceptors (Lipinski definition) is 3. The average Bonchev–Trinajstić information content (AvgIpc) is 2.69. The second-order valence-electron chi connectivity index (χ2n) is 4.27. The zero-order valence-corrected chi connectivity index (χ0v) is 9.17. The average molecular weight is 201 g/mol. The number of nitrogens with one attached hydrogen (secondary N) is 1. The Morgan fingerprint density at radius 1 is 1.57 bits per heavy atom. The van der Waals surface area contributed by atoms with Crippen LogP contribution in [-0.2, 0) is 4.74 Å². The molecule has 3 nitrogen and oxygen atoms in total. The normalized spacial score (nSPS) is 24.0. The zero-order chi connectivity index (χ0) is 10.2. The molecule has 0 aliphatic carbocycles. The van der Waals surface area contributed by atoms with Crippen LogP contribution < -0.4 is 5.32 Å². The van der Waals surface area contributed by atoms with Crippen molar-refractivity contribution >= 4 is 0 Å². The van der Waals surface area contributed by atoms with E-state index >= 15 is 0 Å². The first-order valence-electron chi connectivity index (χ1n) is 5.76. The summed E-state index contributed by atoms with van der Waals surface area (Å²) in [4.78, 5) is 0. The lowest BCUT2D eigenvalue weighted by Gasteiger charge is -2.11. The molecule has 1 aliphatic heterocycles. The van der Waals surface area contributed by atoms with Crippen LogP contribution in [0.15, 0.2) is 0 Å². The fourth-order valence-corrected chi connectivity index (χ4v) is 1.74. The maximum atomic E-state index is 8.82. The molecule has 0 bridgehead atoms. The third kappa shape index (κ3) is 4.94. The molecule has 0 amide bonds. The van der Waals surface area contributed by atoms with E-state index in [0.29, 0.717) is 18.6 Å². The molecule has 0 aromatic rings. The highest BCUT2D eigenvalue weighted by Gasteiger charge is 2.14. The molecule has 3 heteroatoms. The van der Waals surface area contributed by atoms with Crippen molar-refractivity contribution in [3.63, 3.8) is 0 Å². The first-order valence-corrected chi connectivity index (χ1v) is 5.76. The molecule has 2 N–H and O–H groups in total. The Morgan fingerprint density at radius 3 is 3.07 bits per heavy atom. The highest BCUT2D eigenvalue weighted by atomic mass is 16.5. The van der Waals surface area contributed by atoms with Gasteiger partial charge >= 0.3 is 0 Å². The molecule has 2 atom stereocenters. The zero-order valence-electron chi connectivity index (χ0n) is 9.17. The summed E-state index contributed by atoms with van der Waals surface area (Å²) in [5.41, 5.74) is 0. The third-order valence-electron chi connectivity index (χ3n) is 2.76. The van der Waals surface area contributed by atoms with Crippen molar-refractivity contribution in [3.8, 4) is 0 Å². The monoisotopic (exact) mass is 201 g/mol. The molecule has 1 aliphatic rings. The highest BCUT2D eigenvalue weighted by Crippen LogP contribution is 2.10. The summed E-state index contributed by atoms with van der Waals surface area (Å²) < 4.78 is 5.50. The number of aliphatic hydroxyl groups excluding tert-OH is 1. The Hall–Kier alpha value is -0.120. The summed E-state index contributed by atoms with van der Waals surface area (Å²) in [6.45, 7) is 5.37. The molecule has 14 heavy (non-hydrogen) atoms. The Bertz CT molecular complexity index is 135. The highest BCUT2D eigenvalue weighted by molar-refractivity contribution is 4.67. The summed E-state index contributed by atoms with van der Waals surface area (Å²) >= 11 is 0. The number of hydrogen-bond donors (Lipinski definition) is 2. The van der Waals surface area contributed by atoms with Crippen molar-refractivity contribution in [1.82, 2.24) is 5.32 Å². The van der Waals surface area contributed by atoms with Gasteiger partial charge in [-0.2, -0.15) is 0 Å². The second kappa shape index (κ2) is 7.21. The van der Waals surface area contributed by atoms with Crippen LogP contribution in [0.25, 0.3) is 0 Å². The van der Waals surface area contributed by atoms with Gasteiger partial charge in [0.15, 0.2) is 0 Å². The molecular formula is C11H23NO2. The van der Waals surface area contributed by atoms with Gasteiger partial charge in [0.1, 0.15) is 0 Å². The van der Waals surface area contributed by atoms with E-state index < -0.39 is 0 Å². The molecule has 2 unspecified atom stereocenters. The largest absolute Gasteiger partial charge is 0.396 e. The third-order valence-corrected chi connectivity index (χ3v) is 2.76. The van der Waals surface area contributed by atoms with Crippen molar-refractivity contribution in [2.75, 3.05) is 26.3 Å². The summed E-state index contributed by atoms with van der Waals surface area (Å²) in [5, 5.41) is 12.2. The van der Waals surface area contributed by atoms with E-state index in [0.717, 1.165) is 32.5 Å². The SMILES string of the molecule is CC(CO)CCCNCC1CCCO1. The minimum absolute atomic E-state index is 0.311. The van der Waals surface area contributed by atoms with Gasteiger partial charge in [0.25, 0.3) is 0 Å². The second-order valence-corrected chi connectivity index (χ2v) is 4.27. The Morgan fingerprint density at radius 2 is 2.43 bits per heavy atom. The fraction of sp³-hybridized carbons (Fsp3) is 1.00. The number of rotatable bonds is 7. The van der Waals surface area contributed by atoms with Gasteiger partial charge in [-0.3, -0.25) is 0 Å². The van der Waals surface area contributed by atoms with Crippen LogP contribution in [0.5, 0.6) is 0 Å². The number of ether oxygens (including phenoxy) is 1. The lowest BCUT2D eigenvalue weighted by atomic mass is 10.1. The van der Waals surface area contributed by atoms with E-state index in [4.69, 9.17) is 9.84 Å². The molecule has 1 fully saturated rings. The molecule has 0 aromatic carbocycles. The van der Waals surface area contributed by atoms with Gasteiger partial charge in [0.05, 0.1) is 6.10 Å². The van der Waals surface area contributed by atoms with Crippen LogP contribution in [0, 0.1) is 5.92 Å². The quantitative estimate of drug-likeness (QED) is 0.607. The summed E-state index contributed by atoms with van der Waals surface area (Å²) in [6, 6.07) is 0. The van der Waals surface area contributed by atoms with Crippen LogP contribution in [0.4, 0.5) is 0 Å². The predicted molar refractivity (Wildman–Crippen MR) is 57.3 cm³/mol. The van der Waals surface area contributed by atoms with Crippen molar-refractivity contribution in [2.45, 2.75) is 38.7 Å². The molecule has 0 radical (unpaired) electrons. The molecular weight excluding hydrogens is 178 g/mol. The Balaban J connectivity index is 1.84. The first kappa shape index (κ1) is 12.0. The van der Waals surface area contributed by atoms with Gasteiger partial charge in [0.2, 0.25) is 0 Å². The molecule has 1 rings (SSSR count). The minimum atomic E-state index is 0.311. The topological polar surface area (TPSA) is 41.5 Å². The van der Waals surface area contributed by atoms with Gasteiger partial charge in [-0.25, -0.2) is 0 Å². The van der Waals surface area contributed by atoms with Crippen LogP contribution in [-0.4, -0.2) is 37.5 Å². The van der Waals surface area contributed by atoms with E-state index in [1.807, 2.05) is 0 Å². The van der Waals surface area contributed by atoms with Gasteiger partial charge in [0, 0.05) is 19.8 Å². The maximum absolute atomic E-state index is 8.82. The van der Waals surface area contributed by atoms with Crippen molar-refractivity contribution in [1.29, 1.82) is 0 Å². The summed E-state index contributed by atoms with van der Waals surface area (Å²) in [7, 11) is 0. The van der Waals surface area contributed by atoms with E-state index in [2.05, 4.69) is 12.2 Å². The van der Waals surface area contributed by atoms with Crippen LogP contribution in [0.2, 0.25) is 0 Å². The first-order chi connectivity index (χ1) is 6.83. The smallest absolute Gasteiger partial charge is 0.0700 e. The van der Waals surface area contributed by atoms with E-state index in [9.17, 15) is 0 Å². The van der Waals surface area contributed by atoms with Crippen molar-refractivity contribution in [3.05, 3.63) is 0 Å². The van der Waals surface area contributed by atoms with Gasteiger partial charge in [-0.05, 0) is 38.1 Å². The van der Waals surface area contributed by atoms with Crippen LogP contribution in [0.1, 0.15) is 32.6 Å². The van der Waals surface area contributed by atoms with Gasteiger partial charge < -0.3 is 15.2 Å². The van der Waals surface area contributed by atoms with E-state index in [1.54, 1.807) is 0 Å². The molecule has 1 heterocycles. The summed E-state index contributed by atoms with van der Waals surface area (Å²) in [6.07, 6.45) is 5.13. The van der Waals surface area contributed by atoms with Gasteiger partial charge in [-0.15, -0.1) is 0 Å². The number of aliphatic hydroxyl groups is 1. The van der Waals surface area contributed by atoms with Crippen molar-refractivity contribution < 1.29 is 9.84 Å². The summed E-state index contributed by atoms with van der Waals surface area (Å²) in [5.74, 6) is 0.444.